The molecule has 1 aliphatic rings. The van der Waals surface area contributed by atoms with Gasteiger partial charge in [-0.3, -0.25) is 4.68 Å². The summed E-state index contributed by atoms with van der Waals surface area (Å²) in [7, 11) is -1.62. The molecule has 2 aromatic rings. The Kier molecular flexibility index (Phi) is 3.69. The fraction of sp³-hybridized carbons (Fsp3) is 0.357. The summed E-state index contributed by atoms with van der Waals surface area (Å²) >= 11 is 0. The molecular formula is C14H18N4O2S. The molecule has 21 heavy (non-hydrogen) atoms. The fourth-order valence-corrected chi connectivity index (χ4v) is 3.51. The number of benzene rings is 1. The van der Waals surface area contributed by atoms with Gasteiger partial charge in [0.2, 0.25) is 10.0 Å². The molecular weight excluding hydrogens is 288 g/mol. The average Bonchev–Trinajstić information content (AvgIpc) is 3.06. The van der Waals surface area contributed by atoms with Crippen LogP contribution in [-0.4, -0.2) is 31.3 Å². The third kappa shape index (κ3) is 3.08. The van der Waals surface area contributed by atoms with Gasteiger partial charge in [-0.2, -0.15) is 5.10 Å². The molecule has 0 atom stereocenters. The van der Waals surface area contributed by atoms with Crippen molar-refractivity contribution >= 4 is 15.7 Å². The van der Waals surface area contributed by atoms with Gasteiger partial charge >= 0.3 is 0 Å². The van der Waals surface area contributed by atoms with Crippen molar-refractivity contribution in [2.45, 2.75) is 17.7 Å². The molecule has 112 valence electrons. The van der Waals surface area contributed by atoms with Crippen LogP contribution in [0.5, 0.6) is 0 Å². The number of fused-ring (bicyclic) bond motifs is 1. The molecule has 6 nitrogen and oxygen atoms in total. The van der Waals surface area contributed by atoms with E-state index in [0.717, 1.165) is 24.2 Å². The van der Waals surface area contributed by atoms with Gasteiger partial charge in [0.1, 0.15) is 0 Å². The minimum absolute atomic E-state index is 0.307. The van der Waals surface area contributed by atoms with Crippen LogP contribution < -0.4 is 10.0 Å². The molecule has 0 saturated heterocycles. The van der Waals surface area contributed by atoms with Crippen LogP contribution in [0.4, 0.5) is 5.69 Å². The highest BCUT2D eigenvalue weighted by molar-refractivity contribution is 7.89. The van der Waals surface area contributed by atoms with Crippen LogP contribution in [0.25, 0.3) is 0 Å². The first-order valence-corrected chi connectivity index (χ1v) is 8.37. The Balaban J connectivity index is 1.66. The van der Waals surface area contributed by atoms with Crippen LogP contribution in [0.15, 0.2) is 35.5 Å². The van der Waals surface area contributed by atoms with E-state index in [9.17, 15) is 8.42 Å². The molecule has 0 unspecified atom stereocenters. The van der Waals surface area contributed by atoms with Gasteiger partial charge in [0.05, 0.1) is 11.1 Å². The van der Waals surface area contributed by atoms with Crippen LogP contribution in [0.2, 0.25) is 0 Å². The number of aromatic nitrogens is 2. The van der Waals surface area contributed by atoms with E-state index in [2.05, 4.69) is 15.1 Å². The lowest BCUT2D eigenvalue weighted by molar-refractivity contribution is 0.581. The van der Waals surface area contributed by atoms with E-state index in [-0.39, 0.29) is 0 Å². The first kappa shape index (κ1) is 14.1. The van der Waals surface area contributed by atoms with Crippen molar-refractivity contribution in [2.24, 2.45) is 7.05 Å². The Bertz CT molecular complexity index is 752. The zero-order chi connectivity index (χ0) is 14.9. The van der Waals surface area contributed by atoms with Crippen molar-refractivity contribution in [3.05, 3.63) is 41.7 Å². The summed E-state index contributed by atoms with van der Waals surface area (Å²) in [6.07, 6.45) is 5.20. The molecule has 1 aromatic heterocycles. The Morgan fingerprint density at radius 3 is 3.05 bits per heavy atom. The number of nitrogens with one attached hydrogen (secondary N) is 2. The summed E-state index contributed by atoms with van der Waals surface area (Å²) in [4.78, 5) is 0.307. The predicted molar refractivity (Wildman–Crippen MR) is 80.7 cm³/mol. The standard InChI is InChI=1S/C14H18N4O2S/c1-18-10-11(9-16-18)4-7-17-21(19,20)13-3-2-12-5-6-15-14(12)8-13/h2-3,8-10,15,17H,4-7H2,1H3. The molecule has 1 aromatic carbocycles. The van der Waals surface area contributed by atoms with Gasteiger partial charge in [-0.25, -0.2) is 13.1 Å². The summed E-state index contributed by atoms with van der Waals surface area (Å²) in [5.41, 5.74) is 3.10. The van der Waals surface area contributed by atoms with Crippen LogP contribution in [-0.2, 0) is 29.9 Å². The van der Waals surface area contributed by atoms with Gasteiger partial charge < -0.3 is 5.32 Å². The first-order valence-electron chi connectivity index (χ1n) is 6.88. The summed E-state index contributed by atoms with van der Waals surface area (Å²) in [6, 6.07) is 5.25. The highest BCUT2D eigenvalue weighted by Crippen LogP contribution is 2.25. The van der Waals surface area contributed by atoms with E-state index in [4.69, 9.17) is 0 Å². The lowest BCUT2D eigenvalue weighted by atomic mass is 10.2. The zero-order valence-corrected chi connectivity index (χ0v) is 12.7. The van der Waals surface area contributed by atoms with Gasteiger partial charge in [-0.1, -0.05) is 6.07 Å². The highest BCUT2D eigenvalue weighted by atomic mass is 32.2. The molecule has 2 N–H and O–H groups in total. The maximum absolute atomic E-state index is 12.3. The number of nitrogens with zero attached hydrogens (tertiary/aromatic N) is 2. The molecule has 2 heterocycles. The first-order chi connectivity index (χ1) is 10.0. The van der Waals surface area contributed by atoms with Gasteiger partial charge in [-0.15, -0.1) is 0 Å². The third-order valence-electron chi connectivity index (χ3n) is 3.57. The van der Waals surface area contributed by atoms with E-state index >= 15 is 0 Å². The SMILES string of the molecule is Cn1cc(CCNS(=O)(=O)c2ccc3c(c2)NCC3)cn1. The average molecular weight is 306 g/mol. The molecule has 7 heteroatoms. The molecule has 3 rings (SSSR count). The minimum atomic E-state index is -3.46. The number of rotatable bonds is 5. The van der Waals surface area contributed by atoms with Gasteiger partial charge in [0.15, 0.2) is 0 Å². The van der Waals surface area contributed by atoms with Gasteiger partial charge in [0, 0.05) is 32.0 Å². The summed E-state index contributed by atoms with van der Waals surface area (Å²) in [5, 5.41) is 7.25. The lowest BCUT2D eigenvalue weighted by Gasteiger charge is -2.08. The van der Waals surface area contributed by atoms with Crippen molar-refractivity contribution < 1.29 is 8.42 Å². The second kappa shape index (κ2) is 5.50. The third-order valence-corrected chi connectivity index (χ3v) is 5.02. The quantitative estimate of drug-likeness (QED) is 0.861. The van der Waals surface area contributed by atoms with Gasteiger partial charge in [0.25, 0.3) is 0 Å². The summed E-state index contributed by atoms with van der Waals surface area (Å²) in [6.45, 7) is 1.23. The Hall–Kier alpha value is -1.86. The van der Waals surface area contributed by atoms with Crippen molar-refractivity contribution in [1.82, 2.24) is 14.5 Å². The van der Waals surface area contributed by atoms with E-state index < -0.39 is 10.0 Å². The molecule has 1 aliphatic heterocycles. The molecule has 0 aliphatic carbocycles. The molecule has 0 fully saturated rings. The van der Waals surface area contributed by atoms with Crippen LogP contribution >= 0.6 is 0 Å². The maximum atomic E-state index is 12.3. The normalized spacial score (nSPS) is 14.0. The van der Waals surface area contributed by atoms with E-state index in [0.29, 0.717) is 17.9 Å². The van der Waals surface area contributed by atoms with Crippen molar-refractivity contribution in [2.75, 3.05) is 18.4 Å². The molecule has 0 spiro atoms. The van der Waals surface area contributed by atoms with Crippen LogP contribution in [0.3, 0.4) is 0 Å². The lowest BCUT2D eigenvalue weighted by Crippen LogP contribution is -2.26. The second-order valence-electron chi connectivity index (χ2n) is 5.17. The van der Waals surface area contributed by atoms with Crippen LogP contribution in [0.1, 0.15) is 11.1 Å². The van der Waals surface area contributed by atoms with Gasteiger partial charge in [-0.05, 0) is 36.1 Å². The largest absolute Gasteiger partial charge is 0.384 e. The van der Waals surface area contributed by atoms with Crippen LogP contribution in [0, 0.1) is 0 Å². The number of aryl methyl sites for hydroxylation is 1. The highest BCUT2D eigenvalue weighted by Gasteiger charge is 2.17. The van der Waals surface area contributed by atoms with Crippen molar-refractivity contribution in [3.63, 3.8) is 0 Å². The second-order valence-corrected chi connectivity index (χ2v) is 6.93. The number of hydrogen-bond donors (Lipinski definition) is 2. The molecule has 0 amide bonds. The van der Waals surface area contributed by atoms with E-state index in [1.807, 2.05) is 19.3 Å². The monoisotopic (exact) mass is 306 g/mol. The zero-order valence-electron chi connectivity index (χ0n) is 11.8. The van der Waals surface area contributed by atoms with Crippen molar-refractivity contribution in [3.8, 4) is 0 Å². The molecule has 0 radical (unpaired) electrons. The Morgan fingerprint density at radius 1 is 1.43 bits per heavy atom. The van der Waals surface area contributed by atoms with E-state index in [1.165, 1.54) is 5.56 Å². The number of sulfonamides is 1. The Morgan fingerprint density at radius 2 is 2.29 bits per heavy atom. The Labute approximate surface area is 124 Å². The minimum Gasteiger partial charge on any atom is -0.384 e. The summed E-state index contributed by atoms with van der Waals surface area (Å²) < 4.78 is 28.9. The predicted octanol–water partition coefficient (Wildman–Crippen LogP) is 0.909. The smallest absolute Gasteiger partial charge is 0.240 e. The maximum Gasteiger partial charge on any atom is 0.240 e. The molecule has 0 saturated carbocycles. The van der Waals surface area contributed by atoms with Crippen molar-refractivity contribution in [1.29, 1.82) is 0 Å². The molecule has 0 bridgehead atoms. The fourth-order valence-electron chi connectivity index (χ4n) is 2.45. The van der Waals surface area contributed by atoms with E-state index in [1.54, 1.807) is 23.0 Å². The topological polar surface area (TPSA) is 76.0 Å². The summed E-state index contributed by atoms with van der Waals surface area (Å²) in [5.74, 6) is 0. The number of anilines is 1. The number of hydrogen-bond acceptors (Lipinski definition) is 4.